The van der Waals surface area contributed by atoms with Gasteiger partial charge in [0.05, 0.1) is 32.0 Å². The van der Waals surface area contributed by atoms with Crippen molar-refractivity contribution in [3.05, 3.63) is 0 Å². The van der Waals surface area contributed by atoms with Gasteiger partial charge in [-0.15, -0.1) is 0 Å². The Labute approximate surface area is 201 Å². The van der Waals surface area contributed by atoms with Crippen LogP contribution in [0.15, 0.2) is 0 Å². The predicted octanol–water partition coefficient (Wildman–Crippen LogP) is 2.24. The summed E-state index contributed by atoms with van der Waals surface area (Å²) in [6.45, 7) is 14.7. The monoisotopic (exact) mass is 492 g/mol. The minimum absolute atomic E-state index is 0.0729. The van der Waals surface area contributed by atoms with Crippen LogP contribution in [0.3, 0.4) is 0 Å². The average Bonchev–Trinajstić information content (AvgIpc) is 2.99. The Morgan fingerprint density at radius 1 is 1.06 bits per heavy atom. The molecule has 0 aliphatic carbocycles. The molecule has 0 radical (unpaired) electrons. The lowest BCUT2D eigenvalue weighted by molar-refractivity contribution is -0.148. The summed E-state index contributed by atoms with van der Waals surface area (Å²) in [5, 5.41) is 5.21. The first-order valence-electron chi connectivity index (χ1n) is 10.9. The maximum atomic E-state index is 13.0. The smallest absolute Gasteiger partial charge is 0.408 e. The van der Waals surface area contributed by atoms with Crippen LogP contribution < -0.4 is 10.6 Å². The summed E-state index contributed by atoms with van der Waals surface area (Å²) in [6.07, 6.45) is -0.858. The number of alkyl carbamates (subject to hydrolysis) is 1. The van der Waals surface area contributed by atoms with Gasteiger partial charge in [0.2, 0.25) is 5.91 Å². The maximum absolute atomic E-state index is 13.0. The van der Waals surface area contributed by atoms with Gasteiger partial charge in [-0.25, -0.2) is 9.59 Å². The number of methoxy groups -OCH3 is 1. The largest absolute Gasteiger partial charge is 0.467 e. The van der Waals surface area contributed by atoms with Gasteiger partial charge in [-0.2, -0.15) is 11.8 Å². The van der Waals surface area contributed by atoms with E-state index in [1.165, 1.54) is 18.9 Å². The lowest BCUT2D eigenvalue weighted by Gasteiger charge is -2.26. The van der Waals surface area contributed by atoms with Gasteiger partial charge in [-0.3, -0.25) is 4.79 Å². The van der Waals surface area contributed by atoms with Gasteiger partial charge in [-0.05, 0) is 55.4 Å². The summed E-state index contributed by atoms with van der Waals surface area (Å²) >= 11 is 1.42. The number of carbonyl (C=O) groups excluding carboxylic acids is 3. The summed E-state index contributed by atoms with van der Waals surface area (Å²) < 4.78 is 27.1. The number of ether oxygens (including phenoxy) is 5. The Kier molecular flexibility index (Phi) is 10.9. The standard InChI is InChI=1S/C22H40N2O8S/c1-20(2,3)29-11-15(18(26)28-9)23-17(25)16(24-19(27)32-21(4,5)6)13-33-12-14-10-30-22(7,8)31-14/h14-16H,10-13H2,1-9H3,(H,23,25)(H,24,27)/t14-,15+,16-/m1/s1. The molecule has 0 bridgehead atoms. The summed E-state index contributed by atoms with van der Waals surface area (Å²) in [7, 11) is 1.23. The van der Waals surface area contributed by atoms with Crippen LogP contribution in [-0.4, -0.2) is 85.0 Å². The van der Waals surface area contributed by atoms with Crippen molar-refractivity contribution in [3.8, 4) is 0 Å². The molecular weight excluding hydrogens is 452 g/mol. The SMILES string of the molecule is COC(=O)[C@H](COC(C)(C)C)NC(=O)[C@@H](CSC[C@H]1COC(C)(C)O1)NC(=O)OC(C)(C)C. The lowest BCUT2D eigenvalue weighted by Crippen LogP contribution is -2.55. The molecule has 0 aromatic rings. The van der Waals surface area contributed by atoms with Crippen molar-refractivity contribution in [1.29, 1.82) is 0 Å². The van der Waals surface area contributed by atoms with E-state index in [0.29, 0.717) is 12.4 Å². The Bertz CT molecular complexity index is 672. The maximum Gasteiger partial charge on any atom is 0.408 e. The van der Waals surface area contributed by atoms with E-state index < -0.39 is 47.0 Å². The lowest BCUT2D eigenvalue weighted by atomic mass is 10.2. The number of thioether (sulfide) groups is 1. The molecule has 1 saturated heterocycles. The minimum Gasteiger partial charge on any atom is -0.467 e. The van der Waals surface area contributed by atoms with Crippen molar-refractivity contribution in [2.75, 3.05) is 31.8 Å². The van der Waals surface area contributed by atoms with Crippen molar-refractivity contribution in [2.45, 2.75) is 90.6 Å². The van der Waals surface area contributed by atoms with Crippen LogP contribution in [0.2, 0.25) is 0 Å². The minimum atomic E-state index is -1.03. The van der Waals surface area contributed by atoms with E-state index in [-0.39, 0.29) is 18.5 Å². The van der Waals surface area contributed by atoms with Crippen LogP contribution in [0.5, 0.6) is 0 Å². The van der Waals surface area contributed by atoms with E-state index in [1.54, 1.807) is 20.8 Å². The van der Waals surface area contributed by atoms with Crippen molar-refractivity contribution < 1.29 is 38.1 Å². The van der Waals surface area contributed by atoms with Crippen molar-refractivity contribution in [2.24, 2.45) is 0 Å². The second kappa shape index (κ2) is 12.2. The zero-order valence-corrected chi connectivity index (χ0v) is 22.1. The molecule has 2 N–H and O–H groups in total. The summed E-state index contributed by atoms with van der Waals surface area (Å²) in [5.74, 6) is -1.03. The highest BCUT2D eigenvalue weighted by atomic mass is 32.2. The van der Waals surface area contributed by atoms with E-state index in [1.807, 2.05) is 34.6 Å². The first-order valence-corrected chi connectivity index (χ1v) is 12.1. The highest BCUT2D eigenvalue weighted by Gasteiger charge is 2.34. The molecule has 1 rings (SSSR count). The number of hydrogen-bond acceptors (Lipinski definition) is 9. The van der Waals surface area contributed by atoms with Crippen LogP contribution in [-0.2, 0) is 33.3 Å². The zero-order valence-electron chi connectivity index (χ0n) is 21.2. The van der Waals surface area contributed by atoms with Gasteiger partial charge in [0.1, 0.15) is 11.6 Å². The number of hydrogen-bond donors (Lipinski definition) is 2. The molecule has 1 aliphatic heterocycles. The number of esters is 1. The Hall–Kier alpha value is -1.56. The fourth-order valence-corrected chi connectivity index (χ4v) is 3.75. The quantitative estimate of drug-likeness (QED) is 0.442. The molecule has 2 amide bonds. The van der Waals surface area contributed by atoms with Crippen LogP contribution >= 0.6 is 11.8 Å². The third-order valence-corrected chi connectivity index (χ3v) is 5.32. The number of amides is 2. The van der Waals surface area contributed by atoms with E-state index in [9.17, 15) is 14.4 Å². The van der Waals surface area contributed by atoms with E-state index >= 15 is 0 Å². The molecule has 192 valence electrons. The third kappa shape index (κ3) is 12.5. The van der Waals surface area contributed by atoms with Crippen molar-refractivity contribution in [3.63, 3.8) is 0 Å². The first-order chi connectivity index (χ1) is 15.0. The second-order valence-electron chi connectivity index (χ2n) is 10.2. The number of rotatable bonds is 10. The molecule has 0 saturated carbocycles. The van der Waals surface area contributed by atoms with Crippen molar-refractivity contribution in [1.82, 2.24) is 10.6 Å². The molecule has 1 aliphatic rings. The fraction of sp³-hybridized carbons (Fsp3) is 0.864. The van der Waals surface area contributed by atoms with Crippen LogP contribution in [0, 0.1) is 0 Å². The average molecular weight is 493 g/mol. The number of nitrogens with one attached hydrogen (secondary N) is 2. The Morgan fingerprint density at radius 2 is 1.70 bits per heavy atom. The van der Waals surface area contributed by atoms with E-state index in [2.05, 4.69) is 10.6 Å². The zero-order chi connectivity index (χ0) is 25.4. The molecule has 1 fully saturated rings. The topological polar surface area (TPSA) is 121 Å². The highest BCUT2D eigenvalue weighted by molar-refractivity contribution is 7.99. The molecule has 3 atom stereocenters. The Balaban J connectivity index is 2.82. The van der Waals surface area contributed by atoms with Gasteiger partial charge >= 0.3 is 12.1 Å². The van der Waals surface area contributed by atoms with Gasteiger partial charge in [0, 0.05) is 11.5 Å². The molecule has 11 heteroatoms. The summed E-state index contributed by atoms with van der Waals surface area (Å²) in [6, 6.07) is -1.98. The fourth-order valence-electron chi connectivity index (χ4n) is 2.71. The molecule has 0 spiro atoms. The van der Waals surface area contributed by atoms with Gasteiger partial charge in [0.25, 0.3) is 0 Å². The third-order valence-electron chi connectivity index (χ3n) is 4.15. The van der Waals surface area contributed by atoms with Crippen LogP contribution in [0.1, 0.15) is 55.4 Å². The Morgan fingerprint density at radius 3 is 2.18 bits per heavy atom. The van der Waals surface area contributed by atoms with Gasteiger partial charge < -0.3 is 34.3 Å². The molecule has 33 heavy (non-hydrogen) atoms. The second-order valence-corrected chi connectivity index (χ2v) is 11.3. The molecule has 0 aromatic heterocycles. The molecule has 0 aromatic carbocycles. The predicted molar refractivity (Wildman–Crippen MR) is 125 cm³/mol. The van der Waals surface area contributed by atoms with Gasteiger partial charge in [0.15, 0.2) is 11.8 Å². The summed E-state index contributed by atoms with van der Waals surface area (Å²) in [4.78, 5) is 37.5. The number of carbonyl (C=O) groups is 3. The molecule has 10 nitrogen and oxygen atoms in total. The highest BCUT2D eigenvalue weighted by Crippen LogP contribution is 2.24. The molecule has 1 heterocycles. The first kappa shape index (κ1) is 29.5. The molecule has 0 unspecified atom stereocenters. The molecular formula is C22H40N2O8S. The van der Waals surface area contributed by atoms with Crippen LogP contribution in [0.4, 0.5) is 4.79 Å². The normalized spacial score (nSPS) is 20.0. The van der Waals surface area contributed by atoms with E-state index in [4.69, 9.17) is 23.7 Å². The van der Waals surface area contributed by atoms with Crippen molar-refractivity contribution >= 4 is 29.7 Å². The van der Waals surface area contributed by atoms with Crippen LogP contribution in [0.25, 0.3) is 0 Å². The summed E-state index contributed by atoms with van der Waals surface area (Å²) in [5.41, 5.74) is -1.24. The van der Waals surface area contributed by atoms with Gasteiger partial charge in [-0.1, -0.05) is 0 Å². The van der Waals surface area contributed by atoms with E-state index in [0.717, 1.165) is 0 Å².